The van der Waals surface area contributed by atoms with Gasteiger partial charge in [-0.2, -0.15) is 0 Å². The number of benzene rings is 1. The summed E-state index contributed by atoms with van der Waals surface area (Å²) in [7, 11) is 0. The lowest BCUT2D eigenvalue weighted by molar-refractivity contribution is -0.153. The second-order valence-electron chi connectivity index (χ2n) is 4.06. The number of carbonyl (C=O) groups is 3. The predicted molar refractivity (Wildman–Crippen MR) is 62.4 cm³/mol. The van der Waals surface area contributed by atoms with Crippen molar-refractivity contribution in [2.75, 3.05) is 0 Å². The molecule has 0 saturated carbocycles. The average molecular weight is 247 g/mol. The number of ketones is 1. The first-order valence-electron chi connectivity index (χ1n) is 5.69. The number of carbonyl (C=O) groups excluding carboxylic acids is 3. The highest BCUT2D eigenvalue weighted by Crippen LogP contribution is 2.08. The lowest BCUT2D eigenvalue weighted by Crippen LogP contribution is -2.50. The maximum atomic E-state index is 11.7. The van der Waals surface area contributed by atoms with Crippen LogP contribution < -0.4 is 5.32 Å². The van der Waals surface area contributed by atoms with Gasteiger partial charge < -0.3 is 10.1 Å². The van der Waals surface area contributed by atoms with Gasteiger partial charge in [0.1, 0.15) is 6.61 Å². The molecular formula is C13H13NO4. The van der Waals surface area contributed by atoms with Crippen molar-refractivity contribution in [3.05, 3.63) is 35.9 Å². The minimum Gasteiger partial charge on any atom is -0.459 e. The van der Waals surface area contributed by atoms with Crippen LogP contribution in [0.1, 0.15) is 18.4 Å². The largest absolute Gasteiger partial charge is 0.459 e. The Morgan fingerprint density at radius 3 is 2.67 bits per heavy atom. The van der Waals surface area contributed by atoms with Crippen LogP contribution >= 0.6 is 0 Å². The number of piperidine rings is 1. The molecule has 1 atom stereocenters. The number of amides is 1. The van der Waals surface area contributed by atoms with Crippen LogP contribution in [-0.2, 0) is 25.7 Å². The smallest absolute Gasteiger partial charge is 0.336 e. The molecule has 1 aliphatic rings. The summed E-state index contributed by atoms with van der Waals surface area (Å²) in [5.41, 5.74) is 0.834. The summed E-state index contributed by atoms with van der Waals surface area (Å²) in [5, 5.41) is 2.34. The van der Waals surface area contributed by atoms with E-state index in [1.165, 1.54) is 0 Å². The molecule has 18 heavy (non-hydrogen) atoms. The molecule has 1 aromatic carbocycles. The minimum atomic E-state index is -1.14. The minimum absolute atomic E-state index is 0.0942. The molecule has 1 heterocycles. The molecule has 0 aromatic heterocycles. The standard InChI is InChI=1S/C13H13NO4/c15-10-6-7-11(16)14-12(10)13(17)18-8-9-4-2-1-3-5-9/h1-5,12H,6-8H2,(H,14,16). The van der Waals surface area contributed by atoms with Crippen LogP contribution in [0.5, 0.6) is 0 Å². The molecule has 0 radical (unpaired) electrons. The van der Waals surface area contributed by atoms with Gasteiger partial charge in [-0.25, -0.2) is 4.79 Å². The van der Waals surface area contributed by atoms with Gasteiger partial charge in [0.05, 0.1) is 0 Å². The SMILES string of the molecule is O=C1CCC(=O)C(C(=O)OCc2ccccc2)N1. The third kappa shape index (κ3) is 2.94. The zero-order valence-electron chi connectivity index (χ0n) is 9.72. The molecule has 1 unspecified atom stereocenters. The first-order chi connectivity index (χ1) is 8.66. The molecule has 0 bridgehead atoms. The lowest BCUT2D eigenvalue weighted by Gasteiger charge is -2.20. The second kappa shape index (κ2) is 5.44. The number of hydrogen-bond acceptors (Lipinski definition) is 4. The Labute approximate surface area is 104 Å². The summed E-state index contributed by atoms with van der Waals surface area (Å²) in [5.74, 6) is -1.29. The summed E-state index contributed by atoms with van der Waals surface area (Å²) >= 11 is 0. The van der Waals surface area contributed by atoms with E-state index in [-0.39, 0.29) is 31.1 Å². The van der Waals surface area contributed by atoms with Crippen molar-refractivity contribution >= 4 is 17.7 Å². The van der Waals surface area contributed by atoms with Crippen molar-refractivity contribution < 1.29 is 19.1 Å². The monoisotopic (exact) mass is 247 g/mol. The van der Waals surface area contributed by atoms with E-state index in [0.29, 0.717) is 0 Å². The highest BCUT2D eigenvalue weighted by atomic mass is 16.5. The van der Waals surface area contributed by atoms with Gasteiger partial charge in [0.2, 0.25) is 5.91 Å². The normalized spacial score (nSPS) is 19.2. The van der Waals surface area contributed by atoms with Gasteiger partial charge in [-0.15, -0.1) is 0 Å². The summed E-state index contributed by atoms with van der Waals surface area (Å²) < 4.78 is 5.01. The second-order valence-corrected chi connectivity index (χ2v) is 4.06. The molecule has 1 fully saturated rings. The Balaban J connectivity index is 1.91. The first kappa shape index (κ1) is 12.3. The highest BCUT2D eigenvalue weighted by Gasteiger charge is 2.33. The van der Waals surface area contributed by atoms with E-state index < -0.39 is 12.0 Å². The van der Waals surface area contributed by atoms with E-state index in [0.717, 1.165) is 5.56 Å². The molecule has 1 saturated heterocycles. The summed E-state index contributed by atoms with van der Waals surface area (Å²) in [6.07, 6.45) is 0.234. The quantitative estimate of drug-likeness (QED) is 0.626. The number of nitrogens with one attached hydrogen (secondary N) is 1. The van der Waals surface area contributed by atoms with Crippen LogP contribution in [0.4, 0.5) is 0 Å². The molecule has 1 amide bonds. The fourth-order valence-electron chi connectivity index (χ4n) is 1.70. The molecular weight excluding hydrogens is 234 g/mol. The zero-order valence-corrected chi connectivity index (χ0v) is 9.72. The molecule has 2 rings (SSSR count). The number of ether oxygens (including phenoxy) is 1. The van der Waals surface area contributed by atoms with Crippen molar-refractivity contribution in [1.29, 1.82) is 0 Å². The first-order valence-corrected chi connectivity index (χ1v) is 5.69. The molecule has 1 aromatic rings. The Bertz CT molecular complexity index is 469. The van der Waals surface area contributed by atoms with Gasteiger partial charge in [-0.05, 0) is 5.56 Å². The van der Waals surface area contributed by atoms with Crippen molar-refractivity contribution in [2.45, 2.75) is 25.5 Å². The van der Waals surface area contributed by atoms with E-state index in [1.54, 1.807) is 0 Å². The van der Waals surface area contributed by atoms with E-state index in [2.05, 4.69) is 5.32 Å². The summed E-state index contributed by atoms with van der Waals surface area (Å²) in [6.45, 7) is 0.0966. The molecule has 0 spiro atoms. The molecule has 0 aliphatic carbocycles. The number of Topliss-reactive ketones (excluding diaryl/α,β-unsaturated/α-hetero) is 1. The fraction of sp³-hybridized carbons (Fsp3) is 0.308. The van der Waals surface area contributed by atoms with Gasteiger partial charge in [-0.3, -0.25) is 9.59 Å². The number of rotatable bonds is 3. The predicted octanol–water partition coefficient (Wildman–Crippen LogP) is 0.577. The molecule has 1 N–H and O–H groups in total. The Hall–Kier alpha value is -2.17. The number of hydrogen-bond donors (Lipinski definition) is 1. The van der Waals surface area contributed by atoms with Gasteiger partial charge in [0.15, 0.2) is 11.8 Å². The van der Waals surface area contributed by atoms with Crippen LogP contribution in [0.25, 0.3) is 0 Å². The number of esters is 1. The van der Waals surface area contributed by atoms with Crippen molar-refractivity contribution in [2.24, 2.45) is 0 Å². The molecule has 1 aliphatic heterocycles. The van der Waals surface area contributed by atoms with Crippen LogP contribution in [-0.4, -0.2) is 23.7 Å². The average Bonchev–Trinajstić information content (AvgIpc) is 2.40. The van der Waals surface area contributed by atoms with Gasteiger partial charge in [0, 0.05) is 12.8 Å². The van der Waals surface area contributed by atoms with Crippen LogP contribution in [0.2, 0.25) is 0 Å². The maximum absolute atomic E-state index is 11.7. The third-order valence-electron chi connectivity index (χ3n) is 2.69. The lowest BCUT2D eigenvalue weighted by atomic mass is 10.0. The van der Waals surface area contributed by atoms with Crippen LogP contribution in [0, 0.1) is 0 Å². The van der Waals surface area contributed by atoms with E-state index in [4.69, 9.17) is 4.74 Å². The fourth-order valence-corrected chi connectivity index (χ4v) is 1.70. The highest BCUT2D eigenvalue weighted by molar-refractivity contribution is 6.08. The van der Waals surface area contributed by atoms with E-state index in [9.17, 15) is 14.4 Å². The Morgan fingerprint density at radius 1 is 1.22 bits per heavy atom. The Morgan fingerprint density at radius 2 is 1.94 bits per heavy atom. The van der Waals surface area contributed by atoms with E-state index >= 15 is 0 Å². The van der Waals surface area contributed by atoms with Crippen molar-refractivity contribution in [3.8, 4) is 0 Å². The molecule has 5 heteroatoms. The summed E-state index contributed by atoms with van der Waals surface area (Å²) in [4.78, 5) is 34.3. The van der Waals surface area contributed by atoms with Crippen LogP contribution in [0.15, 0.2) is 30.3 Å². The molecule has 94 valence electrons. The van der Waals surface area contributed by atoms with E-state index in [1.807, 2.05) is 30.3 Å². The topological polar surface area (TPSA) is 72.5 Å². The van der Waals surface area contributed by atoms with Gasteiger partial charge in [0.25, 0.3) is 0 Å². The van der Waals surface area contributed by atoms with Gasteiger partial charge >= 0.3 is 5.97 Å². The zero-order chi connectivity index (χ0) is 13.0. The summed E-state index contributed by atoms with van der Waals surface area (Å²) in [6, 6.07) is 8.00. The maximum Gasteiger partial charge on any atom is 0.336 e. The van der Waals surface area contributed by atoms with Crippen molar-refractivity contribution in [3.63, 3.8) is 0 Å². The molecule has 5 nitrogen and oxygen atoms in total. The third-order valence-corrected chi connectivity index (χ3v) is 2.69. The van der Waals surface area contributed by atoms with Crippen molar-refractivity contribution in [1.82, 2.24) is 5.32 Å². The van der Waals surface area contributed by atoms with Gasteiger partial charge in [-0.1, -0.05) is 30.3 Å². The van der Waals surface area contributed by atoms with Crippen LogP contribution in [0.3, 0.4) is 0 Å². The Kier molecular flexibility index (Phi) is 3.72.